The molecular weight excluding hydrogens is 254 g/mol. The molecule has 8 heteroatoms. The molecule has 1 amide bonds. The van der Waals surface area contributed by atoms with Crippen LogP contribution in [0.25, 0.3) is 0 Å². The topological polar surface area (TPSA) is 70.6 Å². The van der Waals surface area contributed by atoms with Crippen molar-refractivity contribution < 1.29 is 23.4 Å². The molecule has 5 nitrogen and oxygen atoms in total. The number of rotatable bonds is 2. The van der Waals surface area contributed by atoms with Gasteiger partial charge in [-0.3, -0.25) is 5.32 Å². The maximum Gasteiger partial charge on any atom is 0.410 e. The SMILES string of the molecule is COC1CC(NC(=S)NC(=O)O)CCC1(F)F. The molecule has 2 atom stereocenters. The highest BCUT2D eigenvalue weighted by atomic mass is 32.1. The van der Waals surface area contributed by atoms with Crippen molar-refractivity contribution in [1.82, 2.24) is 10.6 Å². The number of methoxy groups -OCH3 is 1. The quantitative estimate of drug-likeness (QED) is 0.659. The predicted molar refractivity (Wildman–Crippen MR) is 60.3 cm³/mol. The molecule has 2 unspecified atom stereocenters. The molecule has 0 spiro atoms. The average Bonchev–Trinajstić information content (AvgIpc) is 2.19. The van der Waals surface area contributed by atoms with E-state index in [-0.39, 0.29) is 30.4 Å². The largest absolute Gasteiger partial charge is 0.465 e. The number of hydrogen-bond acceptors (Lipinski definition) is 3. The summed E-state index contributed by atoms with van der Waals surface area (Å²) in [4.78, 5) is 10.3. The predicted octanol–water partition coefficient (Wildman–Crippen LogP) is 1.33. The Kier molecular flexibility index (Phi) is 4.58. The van der Waals surface area contributed by atoms with Gasteiger partial charge in [-0.25, -0.2) is 13.6 Å². The summed E-state index contributed by atoms with van der Waals surface area (Å²) in [5.41, 5.74) is 0. The molecule has 17 heavy (non-hydrogen) atoms. The second-order valence-corrected chi connectivity index (χ2v) is 4.27. The molecule has 0 aromatic carbocycles. The lowest BCUT2D eigenvalue weighted by atomic mass is 9.89. The van der Waals surface area contributed by atoms with E-state index in [2.05, 4.69) is 5.32 Å². The standard InChI is InChI=1S/C9H14F2N2O3S/c1-16-6-4-5(2-3-9(6,10)11)12-7(17)13-8(14)15/h5-6H,2-4H2,1H3,(H,14,15)(H2,12,13,17). The van der Waals surface area contributed by atoms with Gasteiger partial charge in [0.15, 0.2) is 5.11 Å². The molecule has 98 valence electrons. The molecule has 0 aliphatic heterocycles. The lowest BCUT2D eigenvalue weighted by Gasteiger charge is -2.35. The second kappa shape index (κ2) is 5.54. The van der Waals surface area contributed by atoms with E-state index in [4.69, 9.17) is 22.1 Å². The van der Waals surface area contributed by atoms with Crippen molar-refractivity contribution in [3.8, 4) is 0 Å². The number of amides is 1. The summed E-state index contributed by atoms with van der Waals surface area (Å²) < 4.78 is 31.3. The normalized spacial score (nSPS) is 27.2. The van der Waals surface area contributed by atoms with Crippen molar-refractivity contribution >= 4 is 23.4 Å². The summed E-state index contributed by atoms with van der Waals surface area (Å²) in [5.74, 6) is -2.84. The van der Waals surface area contributed by atoms with Crippen molar-refractivity contribution in [2.45, 2.75) is 37.3 Å². The fraction of sp³-hybridized carbons (Fsp3) is 0.778. The van der Waals surface area contributed by atoms with Crippen LogP contribution in [0, 0.1) is 0 Å². The maximum absolute atomic E-state index is 13.3. The Morgan fingerprint density at radius 2 is 2.24 bits per heavy atom. The van der Waals surface area contributed by atoms with Crippen LogP contribution in [-0.2, 0) is 4.74 Å². The van der Waals surface area contributed by atoms with E-state index in [0.29, 0.717) is 0 Å². The number of carbonyl (C=O) groups is 1. The minimum atomic E-state index is -2.84. The fourth-order valence-corrected chi connectivity index (χ4v) is 2.05. The van der Waals surface area contributed by atoms with Crippen LogP contribution >= 0.6 is 12.2 Å². The van der Waals surface area contributed by atoms with Gasteiger partial charge in [0.25, 0.3) is 5.92 Å². The summed E-state index contributed by atoms with van der Waals surface area (Å²) in [7, 11) is 1.23. The smallest absolute Gasteiger partial charge is 0.410 e. The first-order valence-corrected chi connectivity index (χ1v) is 5.47. The highest BCUT2D eigenvalue weighted by Gasteiger charge is 2.45. The highest BCUT2D eigenvalue weighted by molar-refractivity contribution is 7.80. The molecule has 0 aromatic heterocycles. The van der Waals surface area contributed by atoms with E-state index in [1.165, 1.54) is 7.11 Å². The van der Waals surface area contributed by atoms with Crippen molar-refractivity contribution in [3.05, 3.63) is 0 Å². The summed E-state index contributed by atoms with van der Waals surface area (Å²) in [6, 6.07) is -0.307. The van der Waals surface area contributed by atoms with Crippen LogP contribution in [-0.4, -0.2) is 41.5 Å². The molecule has 0 heterocycles. The molecule has 1 aliphatic carbocycles. The van der Waals surface area contributed by atoms with Crippen LogP contribution in [0.2, 0.25) is 0 Å². The number of nitrogens with one attached hydrogen (secondary N) is 2. The molecule has 0 bridgehead atoms. The first-order valence-electron chi connectivity index (χ1n) is 5.06. The first kappa shape index (κ1) is 14.0. The van der Waals surface area contributed by atoms with Gasteiger partial charge in [-0.1, -0.05) is 0 Å². The third kappa shape index (κ3) is 4.04. The summed E-state index contributed by atoms with van der Waals surface area (Å²) in [6.07, 6.45) is -2.45. The number of halogens is 2. The van der Waals surface area contributed by atoms with Crippen molar-refractivity contribution in [3.63, 3.8) is 0 Å². The Morgan fingerprint density at radius 1 is 1.59 bits per heavy atom. The van der Waals surface area contributed by atoms with Crippen molar-refractivity contribution in [1.29, 1.82) is 0 Å². The second-order valence-electron chi connectivity index (χ2n) is 3.86. The Balaban J connectivity index is 2.47. The zero-order chi connectivity index (χ0) is 13.1. The summed E-state index contributed by atoms with van der Waals surface area (Å²) in [5, 5.41) is 13.0. The third-order valence-corrected chi connectivity index (χ3v) is 2.86. The Hall–Kier alpha value is -1.02. The zero-order valence-electron chi connectivity index (χ0n) is 9.20. The van der Waals surface area contributed by atoms with Crippen LogP contribution in [0.4, 0.5) is 13.6 Å². The maximum atomic E-state index is 13.3. The molecule has 1 fully saturated rings. The van der Waals surface area contributed by atoms with Crippen LogP contribution in [0.15, 0.2) is 0 Å². The zero-order valence-corrected chi connectivity index (χ0v) is 10.0. The molecule has 1 aliphatic rings. The molecule has 0 radical (unpaired) electrons. The highest BCUT2D eigenvalue weighted by Crippen LogP contribution is 2.35. The molecule has 3 N–H and O–H groups in total. The molecule has 1 saturated carbocycles. The van der Waals surface area contributed by atoms with Gasteiger partial charge >= 0.3 is 6.09 Å². The summed E-state index contributed by atoms with van der Waals surface area (Å²) in [6.45, 7) is 0. The van der Waals surface area contributed by atoms with Gasteiger partial charge in [-0.15, -0.1) is 0 Å². The van der Waals surface area contributed by atoms with Gasteiger partial charge in [0.1, 0.15) is 6.10 Å². The van der Waals surface area contributed by atoms with Gasteiger partial charge in [0.05, 0.1) is 0 Å². The lowest BCUT2D eigenvalue weighted by molar-refractivity contribution is -0.149. The number of ether oxygens (including phenoxy) is 1. The molecule has 0 saturated heterocycles. The number of hydrogen-bond donors (Lipinski definition) is 3. The lowest BCUT2D eigenvalue weighted by Crippen LogP contribution is -2.51. The fourth-order valence-electron chi connectivity index (χ4n) is 1.79. The van der Waals surface area contributed by atoms with Crippen molar-refractivity contribution in [2.24, 2.45) is 0 Å². The number of carboxylic acid groups (broad SMARTS) is 1. The van der Waals surface area contributed by atoms with Crippen LogP contribution in [0.1, 0.15) is 19.3 Å². The van der Waals surface area contributed by atoms with E-state index >= 15 is 0 Å². The van der Waals surface area contributed by atoms with E-state index in [0.717, 1.165) is 0 Å². The summed E-state index contributed by atoms with van der Waals surface area (Å²) >= 11 is 4.71. The third-order valence-electron chi connectivity index (χ3n) is 2.64. The minimum Gasteiger partial charge on any atom is -0.465 e. The first-order chi connectivity index (χ1) is 7.85. The monoisotopic (exact) mass is 268 g/mol. The van der Waals surface area contributed by atoms with Crippen LogP contribution in [0.3, 0.4) is 0 Å². The van der Waals surface area contributed by atoms with E-state index < -0.39 is 18.1 Å². The van der Waals surface area contributed by atoms with E-state index in [1.54, 1.807) is 0 Å². The van der Waals surface area contributed by atoms with Gasteiger partial charge in [-0.2, -0.15) is 0 Å². The van der Waals surface area contributed by atoms with Crippen LogP contribution in [0.5, 0.6) is 0 Å². The molecule has 1 rings (SSSR count). The van der Waals surface area contributed by atoms with Gasteiger partial charge in [0.2, 0.25) is 0 Å². The number of thiocarbonyl (C=S) groups is 1. The van der Waals surface area contributed by atoms with Gasteiger partial charge in [0, 0.05) is 19.6 Å². The number of alkyl halides is 2. The molecular formula is C9H14F2N2O3S. The minimum absolute atomic E-state index is 0.0810. The van der Waals surface area contributed by atoms with Gasteiger partial charge in [-0.05, 0) is 25.1 Å². The Bertz CT molecular complexity index is 315. The Labute approximate surface area is 103 Å². The molecule has 0 aromatic rings. The Morgan fingerprint density at radius 3 is 2.76 bits per heavy atom. The van der Waals surface area contributed by atoms with Crippen molar-refractivity contribution in [2.75, 3.05) is 7.11 Å². The van der Waals surface area contributed by atoms with Gasteiger partial charge < -0.3 is 15.2 Å². The van der Waals surface area contributed by atoms with Crippen LogP contribution < -0.4 is 10.6 Å². The van der Waals surface area contributed by atoms with E-state index in [9.17, 15) is 13.6 Å². The average molecular weight is 268 g/mol. The van der Waals surface area contributed by atoms with E-state index in [1.807, 2.05) is 5.32 Å².